The summed E-state index contributed by atoms with van der Waals surface area (Å²) in [4.78, 5) is 13.9. The number of fused-ring (bicyclic) bond motifs is 1. The van der Waals surface area contributed by atoms with Gasteiger partial charge in [-0.25, -0.2) is 0 Å². The van der Waals surface area contributed by atoms with Crippen LogP contribution >= 0.6 is 0 Å². The molecule has 5 nitrogen and oxygen atoms in total. The third kappa shape index (κ3) is 6.40. The van der Waals surface area contributed by atoms with Crippen molar-refractivity contribution in [3.8, 4) is 0 Å². The van der Waals surface area contributed by atoms with Crippen molar-refractivity contribution >= 4 is 5.91 Å². The molecular formula is C24H39NO4. The summed E-state index contributed by atoms with van der Waals surface area (Å²) in [6.07, 6.45) is 14.6. The van der Waals surface area contributed by atoms with Gasteiger partial charge in [-0.2, -0.15) is 0 Å². The van der Waals surface area contributed by atoms with Crippen LogP contribution in [0.5, 0.6) is 0 Å². The second-order valence-electron chi connectivity index (χ2n) is 9.08. The van der Waals surface area contributed by atoms with Gasteiger partial charge in [0.15, 0.2) is 0 Å². The Hall–Kier alpha value is -1.17. The van der Waals surface area contributed by atoms with Crippen molar-refractivity contribution in [3.63, 3.8) is 0 Å². The maximum atomic E-state index is 12.0. The molecule has 0 spiro atoms. The number of likely N-dealkylation sites (tertiary alicyclic amines) is 1. The van der Waals surface area contributed by atoms with Crippen LogP contribution in [0.15, 0.2) is 23.8 Å². The van der Waals surface area contributed by atoms with Crippen LogP contribution in [0.25, 0.3) is 0 Å². The lowest BCUT2D eigenvalue weighted by Crippen LogP contribution is -2.31. The maximum absolute atomic E-state index is 12.0. The summed E-state index contributed by atoms with van der Waals surface area (Å²) >= 11 is 0. The molecule has 1 saturated heterocycles. The Bertz CT molecular complexity index is 581. The van der Waals surface area contributed by atoms with Crippen LogP contribution in [0.4, 0.5) is 0 Å². The first-order chi connectivity index (χ1) is 14.1. The fourth-order valence-corrected chi connectivity index (χ4v) is 5.17. The topological polar surface area (TPSA) is 70.0 Å². The molecule has 5 heteroatoms. The minimum atomic E-state index is -0.400. The highest BCUT2D eigenvalue weighted by Crippen LogP contribution is 2.47. The highest BCUT2D eigenvalue weighted by atomic mass is 16.5. The van der Waals surface area contributed by atoms with E-state index in [1.54, 1.807) is 0 Å². The molecule has 0 aromatic rings. The van der Waals surface area contributed by atoms with E-state index in [0.717, 1.165) is 70.9 Å². The number of unbranched alkanes of at least 4 members (excludes halogenated alkanes) is 2. The van der Waals surface area contributed by atoms with Crippen LogP contribution < -0.4 is 0 Å². The minimum absolute atomic E-state index is 0.116. The molecule has 3 rings (SSSR count). The minimum Gasteiger partial charge on any atom is -0.392 e. The molecular weight excluding hydrogens is 366 g/mol. The van der Waals surface area contributed by atoms with Crippen molar-refractivity contribution in [2.45, 2.75) is 76.9 Å². The standard InChI is InChI=1S/C24H39NO4/c1-2-3-4-7-20(26)8-9-21-22-15-18(14-19(22)16-23(21)27)10-13-29-17-24(28)25-11-5-6-12-25/h8-9,14,19-23,26-27H,2-7,10-13,15-17H2,1H3/t19-,20-,21+,22-,23+/m0/s1. The van der Waals surface area contributed by atoms with Crippen molar-refractivity contribution in [3.05, 3.63) is 23.8 Å². The van der Waals surface area contributed by atoms with E-state index in [-0.39, 0.29) is 24.5 Å². The number of allylic oxidation sites excluding steroid dienone is 1. The molecule has 2 aliphatic carbocycles. The SMILES string of the molecule is CCCCC[C@H](O)C=C[C@@H]1[C@H]2CC(CCOCC(=O)N3CCCC3)=C[C@H]2C[C@H]1O. The fourth-order valence-electron chi connectivity index (χ4n) is 5.17. The van der Waals surface area contributed by atoms with Gasteiger partial charge in [-0.3, -0.25) is 4.79 Å². The number of hydrogen-bond acceptors (Lipinski definition) is 4. The lowest BCUT2D eigenvalue weighted by atomic mass is 9.88. The smallest absolute Gasteiger partial charge is 0.248 e. The van der Waals surface area contributed by atoms with E-state index in [0.29, 0.717) is 18.4 Å². The fraction of sp³-hybridized carbons (Fsp3) is 0.792. The van der Waals surface area contributed by atoms with Crippen molar-refractivity contribution < 1.29 is 19.7 Å². The van der Waals surface area contributed by atoms with E-state index in [1.807, 2.05) is 11.0 Å². The molecule has 2 N–H and O–H groups in total. The first-order valence-electron chi connectivity index (χ1n) is 11.7. The lowest BCUT2D eigenvalue weighted by Gasteiger charge is -2.19. The molecule has 0 radical (unpaired) electrons. The zero-order valence-corrected chi connectivity index (χ0v) is 18.0. The van der Waals surface area contributed by atoms with E-state index in [4.69, 9.17) is 4.74 Å². The molecule has 1 saturated carbocycles. The number of nitrogens with zero attached hydrogens (tertiary/aromatic N) is 1. The van der Waals surface area contributed by atoms with Crippen LogP contribution in [0.2, 0.25) is 0 Å². The summed E-state index contributed by atoms with van der Waals surface area (Å²) in [7, 11) is 0. The Labute approximate surface area is 175 Å². The van der Waals surface area contributed by atoms with Gasteiger partial charge in [0.1, 0.15) is 6.61 Å². The van der Waals surface area contributed by atoms with Gasteiger partial charge >= 0.3 is 0 Å². The Kier molecular flexibility index (Phi) is 8.76. The van der Waals surface area contributed by atoms with Gasteiger partial charge in [0.05, 0.1) is 18.8 Å². The molecule has 2 fully saturated rings. The van der Waals surface area contributed by atoms with Gasteiger partial charge in [0.25, 0.3) is 0 Å². The first-order valence-corrected chi connectivity index (χ1v) is 11.7. The summed E-state index contributed by atoms with van der Waals surface area (Å²) in [5, 5.41) is 20.6. The molecule has 0 aromatic heterocycles. The van der Waals surface area contributed by atoms with Gasteiger partial charge < -0.3 is 19.8 Å². The summed E-state index contributed by atoms with van der Waals surface area (Å²) in [5.74, 6) is 1.11. The average molecular weight is 406 g/mol. The molecule has 29 heavy (non-hydrogen) atoms. The van der Waals surface area contributed by atoms with Crippen molar-refractivity contribution in [2.24, 2.45) is 17.8 Å². The van der Waals surface area contributed by atoms with Crippen LogP contribution in [0.3, 0.4) is 0 Å². The molecule has 3 aliphatic rings. The number of aliphatic hydroxyl groups is 2. The summed E-state index contributed by atoms with van der Waals surface area (Å²) in [6.45, 7) is 4.70. The normalized spacial score (nSPS) is 30.2. The predicted molar refractivity (Wildman–Crippen MR) is 114 cm³/mol. The van der Waals surface area contributed by atoms with Gasteiger partial charge in [-0.1, -0.05) is 50.0 Å². The van der Waals surface area contributed by atoms with Gasteiger partial charge in [-0.15, -0.1) is 0 Å². The number of carbonyl (C=O) groups excluding carboxylic acids is 1. The highest BCUT2D eigenvalue weighted by Gasteiger charge is 2.43. The van der Waals surface area contributed by atoms with Crippen LogP contribution in [0, 0.1) is 17.8 Å². The highest BCUT2D eigenvalue weighted by molar-refractivity contribution is 5.77. The van der Waals surface area contributed by atoms with E-state index < -0.39 is 6.10 Å². The van der Waals surface area contributed by atoms with Gasteiger partial charge in [0, 0.05) is 19.0 Å². The monoisotopic (exact) mass is 405 g/mol. The molecule has 0 unspecified atom stereocenters. The summed E-state index contributed by atoms with van der Waals surface area (Å²) in [5.41, 5.74) is 1.39. The molecule has 5 atom stereocenters. The third-order valence-corrected chi connectivity index (χ3v) is 6.86. The predicted octanol–water partition coefficient (Wildman–Crippen LogP) is 3.46. The van der Waals surface area contributed by atoms with E-state index >= 15 is 0 Å². The molecule has 1 aliphatic heterocycles. The number of carbonyl (C=O) groups is 1. The number of rotatable bonds is 11. The molecule has 164 valence electrons. The largest absolute Gasteiger partial charge is 0.392 e. The quantitative estimate of drug-likeness (QED) is 0.408. The third-order valence-electron chi connectivity index (χ3n) is 6.86. The first kappa shape index (κ1) is 22.5. The van der Waals surface area contributed by atoms with E-state index in [2.05, 4.69) is 19.1 Å². The van der Waals surface area contributed by atoms with E-state index in [1.165, 1.54) is 5.57 Å². The number of amides is 1. The molecule has 0 aromatic carbocycles. The average Bonchev–Trinajstić information content (AvgIpc) is 3.41. The van der Waals surface area contributed by atoms with Crippen LogP contribution in [-0.2, 0) is 9.53 Å². The van der Waals surface area contributed by atoms with Crippen molar-refractivity contribution in [1.82, 2.24) is 4.90 Å². The van der Waals surface area contributed by atoms with E-state index in [9.17, 15) is 15.0 Å². The van der Waals surface area contributed by atoms with Gasteiger partial charge in [-0.05, 0) is 50.4 Å². The van der Waals surface area contributed by atoms with Crippen molar-refractivity contribution in [2.75, 3.05) is 26.3 Å². The Morgan fingerprint density at radius 3 is 2.90 bits per heavy atom. The zero-order valence-electron chi connectivity index (χ0n) is 18.0. The van der Waals surface area contributed by atoms with Crippen LogP contribution in [-0.4, -0.2) is 59.5 Å². The summed E-state index contributed by atoms with van der Waals surface area (Å²) < 4.78 is 5.64. The molecule has 1 amide bonds. The number of ether oxygens (including phenoxy) is 1. The lowest BCUT2D eigenvalue weighted by molar-refractivity contribution is -0.135. The van der Waals surface area contributed by atoms with Crippen molar-refractivity contribution in [1.29, 1.82) is 0 Å². The Balaban J connectivity index is 1.38. The number of aliphatic hydroxyl groups excluding tert-OH is 2. The maximum Gasteiger partial charge on any atom is 0.248 e. The second-order valence-corrected chi connectivity index (χ2v) is 9.08. The molecule has 0 bridgehead atoms. The van der Waals surface area contributed by atoms with Gasteiger partial charge in [0.2, 0.25) is 5.91 Å². The Morgan fingerprint density at radius 1 is 1.34 bits per heavy atom. The molecule has 1 heterocycles. The zero-order chi connectivity index (χ0) is 20.6. The second kappa shape index (κ2) is 11.3. The van der Waals surface area contributed by atoms with Crippen LogP contribution in [0.1, 0.15) is 64.7 Å². The Morgan fingerprint density at radius 2 is 2.14 bits per heavy atom. The number of hydrogen-bond donors (Lipinski definition) is 2. The summed E-state index contributed by atoms with van der Waals surface area (Å²) in [6, 6.07) is 0.